The van der Waals surface area contributed by atoms with Crippen LogP contribution < -0.4 is 20.6 Å². The molecule has 1 aromatic carbocycles. The lowest BCUT2D eigenvalue weighted by atomic mass is 10.1. The van der Waals surface area contributed by atoms with Crippen LogP contribution in [0.15, 0.2) is 30.5 Å². The van der Waals surface area contributed by atoms with E-state index in [1.54, 1.807) is 36.2 Å². The third-order valence-corrected chi connectivity index (χ3v) is 5.89. The largest absolute Gasteiger partial charge is 0.489 e. The molecule has 5 rings (SSSR count). The molecular formula is C22H21F3N4O. The number of allylic oxidation sites excluding steroid dienone is 1. The predicted molar refractivity (Wildman–Crippen MR) is 107 cm³/mol. The average Bonchev–Trinajstić information content (AvgIpc) is 3.43. The number of hydrogen-bond donors (Lipinski definition) is 1. The van der Waals surface area contributed by atoms with E-state index in [1.807, 2.05) is 6.07 Å². The highest BCUT2D eigenvalue weighted by Crippen LogP contribution is 2.49. The summed E-state index contributed by atoms with van der Waals surface area (Å²) in [6.45, 7) is 6.10. The predicted octanol–water partition coefficient (Wildman–Crippen LogP) is 2.95. The molecule has 3 heterocycles. The van der Waals surface area contributed by atoms with Crippen LogP contribution >= 0.6 is 0 Å². The van der Waals surface area contributed by atoms with E-state index >= 15 is 0 Å². The number of halogens is 3. The van der Waals surface area contributed by atoms with Gasteiger partial charge >= 0.3 is 0 Å². The molecule has 2 aliphatic heterocycles. The first-order chi connectivity index (χ1) is 14.4. The Labute approximate surface area is 171 Å². The first kappa shape index (κ1) is 19.0. The zero-order valence-electron chi connectivity index (χ0n) is 16.5. The lowest BCUT2D eigenvalue weighted by molar-refractivity contribution is 0.0532. The second kappa shape index (κ2) is 6.75. The zero-order valence-corrected chi connectivity index (χ0v) is 16.5. The van der Waals surface area contributed by atoms with Crippen molar-refractivity contribution in [1.82, 2.24) is 14.9 Å². The Morgan fingerprint density at radius 1 is 1.33 bits per heavy atom. The summed E-state index contributed by atoms with van der Waals surface area (Å²) in [5.41, 5.74) is 0.653. The van der Waals surface area contributed by atoms with Crippen molar-refractivity contribution in [3.8, 4) is 5.75 Å². The van der Waals surface area contributed by atoms with E-state index in [4.69, 9.17) is 4.74 Å². The summed E-state index contributed by atoms with van der Waals surface area (Å²) >= 11 is 0. The van der Waals surface area contributed by atoms with Gasteiger partial charge in [-0.25, -0.2) is 23.1 Å². The molecule has 1 N–H and O–H groups in total. The maximum atomic E-state index is 13.9. The molecule has 0 radical (unpaired) electrons. The summed E-state index contributed by atoms with van der Waals surface area (Å²) in [5.74, 6) is 1.64. The molecule has 3 aliphatic rings. The number of aromatic nitrogens is 2. The second-order valence-corrected chi connectivity index (χ2v) is 7.92. The lowest BCUT2D eigenvalue weighted by Crippen LogP contribution is -2.46. The standard InChI is InChI=1S/C22H21F3N4O/c1-12-8-18-16(10-29(12)22(6-7-22)21(24)25)20(28-13(2)27-18)26-9-14-4-3-5-15-17(23)11-30-19(14)15/h3-5,8,10,17,21H,1,6-7,9,11H2,2H3,(H,26,27,28). The smallest absolute Gasteiger partial charge is 0.261 e. The molecule has 0 spiro atoms. The fourth-order valence-electron chi connectivity index (χ4n) is 4.11. The van der Waals surface area contributed by atoms with Crippen LogP contribution in [0, 0.1) is 6.92 Å². The number of anilines is 1. The van der Waals surface area contributed by atoms with Gasteiger partial charge in [-0.1, -0.05) is 24.8 Å². The van der Waals surface area contributed by atoms with Crippen molar-refractivity contribution in [3.05, 3.63) is 58.0 Å². The van der Waals surface area contributed by atoms with Crippen LogP contribution in [0.2, 0.25) is 0 Å². The molecule has 8 heteroatoms. The summed E-state index contributed by atoms with van der Waals surface area (Å²) in [4.78, 5) is 10.5. The first-order valence-electron chi connectivity index (χ1n) is 9.86. The van der Waals surface area contributed by atoms with Crippen molar-refractivity contribution in [2.24, 2.45) is 0 Å². The van der Waals surface area contributed by atoms with Gasteiger partial charge in [0.1, 0.15) is 29.5 Å². The van der Waals surface area contributed by atoms with E-state index in [2.05, 4.69) is 21.9 Å². The quantitative estimate of drug-likeness (QED) is 0.816. The number of nitrogens with one attached hydrogen (secondary N) is 1. The molecule has 1 unspecified atom stereocenters. The van der Waals surface area contributed by atoms with Crippen LogP contribution in [-0.2, 0) is 6.54 Å². The second-order valence-electron chi connectivity index (χ2n) is 7.92. The molecule has 0 saturated heterocycles. The minimum atomic E-state index is -2.47. The molecule has 1 aromatic heterocycles. The molecule has 1 saturated carbocycles. The molecule has 156 valence electrons. The molecule has 1 aliphatic carbocycles. The minimum Gasteiger partial charge on any atom is -0.489 e. The highest BCUT2D eigenvalue weighted by molar-refractivity contribution is 5.58. The summed E-state index contributed by atoms with van der Waals surface area (Å²) in [5, 5.41) is 4.53. The fourth-order valence-corrected chi connectivity index (χ4v) is 4.11. The van der Waals surface area contributed by atoms with E-state index in [9.17, 15) is 13.2 Å². The van der Waals surface area contributed by atoms with E-state index < -0.39 is 18.1 Å². The number of rotatable bonds is 5. The summed E-state index contributed by atoms with van der Waals surface area (Å²) < 4.78 is 46.8. The van der Waals surface area contributed by atoms with Gasteiger partial charge in [0, 0.05) is 29.6 Å². The van der Waals surface area contributed by atoms with Gasteiger partial charge in [-0.15, -0.1) is 0 Å². The van der Waals surface area contributed by atoms with Crippen LogP contribution in [0.1, 0.15) is 36.0 Å². The zero-order chi connectivity index (χ0) is 21.0. The number of nitrogens with zero attached hydrogens (tertiary/aromatic N) is 3. The van der Waals surface area contributed by atoms with Gasteiger partial charge in [-0.3, -0.25) is 0 Å². The summed E-state index contributed by atoms with van der Waals surface area (Å²) in [6, 6.07) is 5.38. The van der Waals surface area contributed by atoms with Crippen LogP contribution in [0.4, 0.5) is 19.0 Å². The van der Waals surface area contributed by atoms with Crippen LogP contribution in [-0.4, -0.2) is 33.4 Å². The molecule has 0 bridgehead atoms. The summed E-state index contributed by atoms with van der Waals surface area (Å²) in [6.07, 6.45) is 0.617. The third kappa shape index (κ3) is 2.93. The van der Waals surface area contributed by atoms with Crippen molar-refractivity contribution >= 4 is 18.1 Å². The molecule has 0 amide bonds. The monoisotopic (exact) mass is 414 g/mol. The number of para-hydroxylation sites is 1. The maximum Gasteiger partial charge on any atom is 0.261 e. The van der Waals surface area contributed by atoms with Crippen molar-refractivity contribution in [2.75, 3.05) is 11.9 Å². The van der Waals surface area contributed by atoms with Gasteiger partial charge < -0.3 is 15.0 Å². The molecule has 30 heavy (non-hydrogen) atoms. The Balaban J connectivity index is 1.51. The van der Waals surface area contributed by atoms with E-state index in [0.717, 1.165) is 5.56 Å². The lowest BCUT2D eigenvalue weighted by Gasteiger charge is -2.32. The van der Waals surface area contributed by atoms with Gasteiger partial charge in [0.25, 0.3) is 6.43 Å². The van der Waals surface area contributed by atoms with Crippen molar-refractivity contribution in [1.29, 1.82) is 0 Å². The molecule has 1 fully saturated rings. The van der Waals surface area contributed by atoms with Gasteiger partial charge in [-0.05, 0) is 25.8 Å². The Kier molecular flexibility index (Phi) is 4.27. The van der Waals surface area contributed by atoms with Crippen LogP contribution in [0.25, 0.3) is 12.3 Å². The van der Waals surface area contributed by atoms with Gasteiger partial charge in [0.05, 0.1) is 10.6 Å². The highest BCUT2D eigenvalue weighted by Gasteiger charge is 2.56. The molecule has 2 aromatic rings. The Hall–Kier alpha value is -3.03. The average molecular weight is 414 g/mol. The Morgan fingerprint density at radius 3 is 2.87 bits per heavy atom. The normalized spacial score (nSPS) is 20.8. The SMILES string of the molecule is C=C1C=c2nc(C)nc(NCc3cccc4c3OCC4F)c2=CN1C1(C(F)F)CC1. The first-order valence-corrected chi connectivity index (χ1v) is 9.86. The molecular weight excluding hydrogens is 393 g/mol. The number of hydrogen-bond acceptors (Lipinski definition) is 5. The van der Waals surface area contributed by atoms with Gasteiger partial charge in [-0.2, -0.15) is 0 Å². The van der Waals surface area contributed by atoms with E-state index in [-0.39, 0.29) is 6.61 Å². The van der Waals surface area contributed by atoms with Crippen molar-refractivity contribution < 1.29 is 17.9 Å². The number of aryl methyl sites for hydroxylation is 1. The number of ether oxygens (including phenoxy) is 1. The van der Waals surface area contributed by atoms with Crippen LogP contribution in [0.5, 0.6) is 5.75 Å². The Bertz CT molecular complexity index is 1160. The van der Waals surface area contributed by atoms with Crippen molar-refractivity contribution in [3.63, 3.8) is 0 Å². The Morgan fingerprint density at radius 2 is 2.13 bits per heavy atom. The fraction of sp³-hybridized carbons (Fsp3) is 0.364. The number of benzene rings is 1. The third-order valence-electron chi connectivity index (χ3n) is 5.89. The number of fused-ring (bicyclic) bond motifs is 2. The maximum absolute atomic E-state index is 13.9. The number of alkyl halides is 3. The van der Waals surface area contributed by atoms with Crippen LogP contribution in [0.3, 0.4) is 0 Å². The minimum absolute atomic E-state index is 0.0177. The van der Waals surface area contributed by atoms with E-state index in [0.29, 0.717) is 58.6 Å². The van der Waals surface area contributed by atoms with Gasteiger partial charge in [0.15, 0.2) is 6.17 Å². The topological polar surface area (TPSA) is 50.3 Å². The summed E-state index contributed by atoms with van der Waals surface area (Å²) in [7, 11) is 0. The van der Waals surface area contributed by atoms with E-state index in [1.165, 1.54) is 0 Å². The van der Waals surface area contributed by atoms with Gasteiger partial charge in [0.2, 0.25) is 0 Å². The molecule has 1 atom stereocenters. The molecule has 5 nitrogen and oxygen atoms in total. The highest BCUT2D eigenvalue weighted by atomic mass is 19.3. The van der Waals surface area contributed by atoms with Crippen molar-refractivity contribution in [2.45, 2.75) is 44.4 Å².